The summed E-state index contributed by atoms with van der Waals surface area (Å²) in [6, 6.07) is 7.52. The van der Waals surface area contributed by atoms with E-state index >= 15 is 0 Å². The number of halogens is 2. The van der Waals surface area contributed by atoms with Crippen LogP contribution in [0.4, 0.5) is 0 Å². The first-order valence-corrected chi connectivity index (χ1v) is 7.67. The van der Waals surface area contributed by atoms with Crippen molar-refractivity contribution in [2.45, 2.75) is 6.42 Å². The van der Waals surface area contributed by atoms with Gasteiger partial charge >= 0.3 is 0 Å². The third-order valence-electron chi connectivity index (χ3n) is 2.47. The average Bonchev–Trinajstić information content (AvgIpc) is 2.78. The molecule has 0 N–H and O–H groups in total. The zero-order valence-electron chi connectivity index (χ0n) is 9.57. The smallest absolute Gasteiger partial charge is 0.178 e. The zero-order valence-corrected chi connectivity index (χ0v) is 13.6. The van der Waals surface area contributed by atoms with Crippen LogP contribution in [0.25, 0.3) is 0 Å². The third kappa shape index (κ3) is 3.02. The van der Waals surface area contributed by atoms with Crippen LogP contribution in [-0.4, -0.2) is 12.9 Å². The fourth-order valence-corrected chi connectivity index (χ4v) is 3.48. The molecule has 0 aliphatic carbocycles. The highest BCUT2D eigenvalue weighted by Crippen LogP contribution is 2.27. The number of thiophene rings is 1. The van der Waals surface area contributed by atoms with Gasteiger partial charge in [0.2, 0.25) is 0 Å². The SMILES string of the molecule is COc1ccc(Br)c(CC(=O)c2sccc2Br)c1. The van der Waals surface area contributed by atoms with Crippen LogP contribution in [0.1, 0.15) is 15.2 Å². The molecule has 0 fully saturated rings. The quantitative estimate of drug-likeness (QED) is 0.708. The van der Waals surface area contributed by atoms with Gasteiger partial charge < -0.3 is 4.74 Å². The maximum atomic E-state index is 12.2. The van der Waals surface area contributed by atoms with Crippen molar-refractivity contribution in [2.75, 3.05) is 7.11 Å². The number of hydrogen-bond donors (Lipinski definition) is 0. The highest BCUT2D eigenvalue weighted by Gasteiger charge is 2.14. The molecule has 0 radical (unpaired) electrons. The van der Waals surface area contributed by atoms with Gasteiger partial charge in [0, 0.05) is 15.4 Å². The number of ketones is 1. The molecule has 0 aliphatic heterocycles. The van der Waals surface area contributed by atoms with Gasteiger partial charge in [-0.25, -0.2) is 0 Å². The molecule has 0 aliphatic rings. The van der Waals surface area contributed by atoms with E-state index in [2.05, 4.69) is 31.9 Å². The summed E-state index contributed by atoms with van der Waals surface area (Å²) >= 11 is 8.28. The van der Waals surface area contributed by atoms with E-state index in [0.29, 0.717) is 6.42 Å². The third-order valence-corrected chi connectivity index (χ3v) is 5.13. The monoisotopic (exact) mass is 388 g/mol. The molecule has 0 spiro atoms. The first kappa shape index (κ1) is 13.8. The molecule has 0 bridgehead atoms. The second-order valence-corrected chi connectivity index (χ2v) is 6.28. The van der Waals surface area contributed by atoms with E-state index in [9.17, 15) is 4.79 Å². The van der Waals surface area contributed by atoms with Crippen molar-refractivity contribution in [3.8, 4) is 5.75 Å². The maximum Gasteiger partial charge on any atom is 0.178 e. The number of ether oxygens (including phenoxy) is 1. The van der Waals surface area contributed by atoms with Crippen molar-refractivity contribution in [3.05, 3.63) is 49.0 Å². The van der Waals surface area contributed by atoms with Gasteiger partial charge in [0.25, 0.3) is 0 Å². The normalized spacial score (nSPS) is 10.4. The van der Waals surface area contributed by atoms with Crippen molar-refractivity contribution in [3.63, 3.8) is 0 Å². The van der Waals surface area contributed by atoms with Crippen LogP contribution < -0.4 is 4.74 Å². The highest BCUT2D eigenvalue weighted by atomic mass is 79.9. The number of methoxy groups -OCH3 is 1. The zero-order chi connectivity index (χ0) is 13.1. The molecule has 0 amide bonds. The minimum Gasteiger partial charge on any atom is -0.497 e. The molecular formula is C13H10Br2O2S. The minimum absolute atomic E-state index is 0.103. The lowest BCUT2D eigenvalue weighted by Crippen LogP contribution is -2.03. The first-order chi connectivity index (χ1) is 8.61. The summed E-state index contributed by atoms with van der Waals surface area (Å²) < 4.78 is 6.95. The Kier molecular flexibility index (Phi) is 4.59. The number of carbonyl (C=O) groups excluding carboxylic acids is 1. The van der Waals surface area contributed by atoms with Crippen LogP contribution in [0.2, 0.25) is 0 Å². The second kappa shape index (κ2) is 5.99. The molecule has 2 rings (SSSR count). The molecule has 0 saturated carbocycles. The summed E-state index contributed by atoms with van der Waals surface area (Å²) in [7, 11) is 1.62. The van der Waals surface area contributed by atoms with Gasteiger partial charge in [-0.15, -0.1) is 11.3 Å². The standard InChI is InChI=1S/C13H10Br2O2S/c1-17-9-2-3-10(14)8(6-9)7-12(16)13-11(15)4-5-18-13/h2-6H,7H2,1H3. The fraction of sp³-hybridized carbons (Fsp3) is 0.154. The van der Waals surface area contributed by atoms with Gasteiger partial charge in [-0.1, -0.05) is 15.9 Å². The van der Waals surface area contributed by atoms with Crippen LogP contribution >= 0.6 is 43.2 Å². The first-order valence-electron chi connectivity index (χ1n) is 5.20. The van der Waals surface area contributed by atoms with Gasteiger partial charge in [-0.3, -0.25) is 4.79 Å². The lowest BCUT2D eigenvalue weighted by Gasteiger charge is -2.06. The fourth-order valence-electron chi connectivity index (χ4n) is 1.56. The summed E-state index contributed by atoms with van der Waals surface area (Å²) in [5, 5.41) is 1.90. The second-order valence-electron chi connectivity index (χ2n) is 3.65. The Morgan fingerprint density at radius 2 is 2.06 bits per heavy atom. The summed E-state index contributed by atoms with van der Waals surface area (Å²) in [5.74, 6) is 0.858. The van der Waals surface area contributed by atoms with Crippen molar-refractivity contribution in [1.82, 2.24) is 0 Å². The van der Waals surface area contributed by atoms with Crippen LogP contribution in [-0.2, 0) is 6.42 Å². The van der Waals surface area contributed by atoms with Crippen LogP contribution in [0.5, 0.6) is 5.75 Å². The van der Waals surface area contributed by atoms with Gasteiger partial charge in [0.05, 0.1) is 12.0 Å². The number of Topliss-reactive ketones (excluding diaryl/α,β-unsaturated/α-hetero) is 1. The highest BCUT2D eigenvalue weighted by molar-refractivity contribution is 9.10. The molecule has 5 heteroatoms. The van der Waals surface area contributed by atoms with Crippen molar-refractivity contribution >= 4 is 49.0 Å². The molecule has 2 aromatic rings. The number of hydrogen-bond acceptors (Lipinski definition) is 3. The van der Waals surface area contributed by atoms with Crippen molar-refractivity contribution in [1.29, 1.82) is 0 Å². The van der Waals surface area contributed by atoms with E-state index in [-0.39, 0.29) is 5.78 Å². The van der Waals surface area contributed by atoms with Crippen molar-refractivity contribution < 1.29 is 9.53 Å². The molecule has 0 saturated heterocycles. The molecular weight excluding hydrogens is 380 g/mol. The predicted molar refractivity (Wildman–Crippen MR) is 80.7 cm³/mol. The van der Waals surface area contributed by atoms with E-state index in [1.807, 2.05) is 29.6 Å². The lowest BCUT2D eigenvalue weighted by atomic mass is 10.1. The van der Waals surface area contributed by atoms with E-state index in [0.717, 1.165) is 25.1 Å². The molecule has 2 nitrogen and oxygen atoms in total. The van der Waals surface area contributed by atoms with Crippen molar-refractivity contribution in [2.24, 2.45) is 0 Å². The Bertz CT molecular complexity index is 578. The Hall–Kier alpha value is -0.650. The molecule has 1 aromatic carbocycles. The Morgan fingerprint density at radius 3 is 2.67 bits per heavy atom. The minimum atomic E-state index is 0.103. The lowest BCUT2D eigenvalue weighted by molar-refractivity contribution is 0.0996. The van der Waals surface area contributed by atoms with E-state index in [4.69, 9.17) is 4.74 Å². The van der Waals surface area contributed by atoms with Crippen LogP contribution in [0, 0.1) is 0 Å². The molecule has 0 atom stereocenters. The van der Waals surface area contributed by atoms with E-state index < -0.39 is 0 Å². The number of benzene rings is 1. The summed E-state index contributed by atoms with van der Waals surface area (Å²) in [6.07, 6.45) is 0.358. The van der Waals surface area contributed by atoms with E-state index in [1.165, 1.54) is 11.3 Å². The average molecular weight is 390 g/mol. The summed E-state index contributed by atoms with van der Waals surface area (Å²) in [4.78, 5) is 12.9. The topological polar surface area (TPSA) is 26.3 Å². The Morgan fingerprint density at radius 1 is 1.28 bits per heavy atom. The molecule has 0 unspecified atom stereocenters. The molecule has 18 heavy (non-hydrogen) atoms. The predicted octanol–water partition coefficient (Wildman–Crippen LogP) is 4.71. The van der Waals surface area contributed by atoms with Gasteiger partial charge in [0.1, 0.15) is 5.75 Å². The summed E-state index contributed by atoms with van der Waals surface area (Å²) in [5.41, 5.74) is 0.930. The van der Waals surface area contributed by atoms with E-state index in [1.54, 1.807) is 7.11 Å². The Balaban J connectivity index is 2.24. The molecule has 1 aromatic heterocycles. The van der Waals surface area contributed by atoms with Crippen LogP contribution in [0.3, 0.4) is 0 Å². The number of rotatable bonds is 4. The van der Waals surface area contributed by atoms with Gasteiger partial charge in [-0.05, 0) is 51.1 Å². The Labute approximate surface area is 126 Å². The maximum absolute atomic E-state index is 12.2. The molecule has 1 heterocycles. The largest absolute Gasteiger partial charge is 0.497 e. The summed E-state index contributed by atoms with van der Waals surface area (Å²) in [6.45, 7) is 0. The number of carbonyl (C=O) groups is 1. The van der Waals surface area contributed by atoms with Gasteiger partial charge in [0.15, 0.2) is 5.78 Å². The van der Waals surface area contributed by atoms with Gasteiger partial charge in [-0.2, -0.15) is 0 Å². The molecule has 94 valence electrons. The van der Waals surface area contributed by atoms with Crippen LogP contribution in [0.15, 0.2) is 38.6 Å².